The number of benzene rings is 2. The van der Waals surface area contributed by atoms with E-state index in [0.29, 0.717) is 11.7 Å². The van der Waals surface area contributed by atoms with E-state index in [2.05, 4.69) is 45.9 Å². The number of rotatable bonds is 6. The van der Waals surface area contributed by atoms with Gasteiger partial charge in [0.2, 0.25) is 0 Å². The lowest BCUT2D eigenvalue weighted by atomic mass is 10.0. The van der Waals surface area contributed by atoms with Gasteiger partial charge in [-0.2, -0.15) is 0 Å². The number of hydrazine groups is 1. The summed E-state index contributed by atoms with van der Waals surface area (Å²) in [5.74, 6) is -0.463. The molecule has 0 saturated heterocycles. The first kappa shape index (κ1) is 23.2. The van der Waals surface area contributed by atoms with Gasteiger partial charge in [-0.1, -0.05) is 32.0 Å². The van der Waals surface area contributed by atoms with Crippen molar-refractivity contribution in [2.45, 2.75) is 19.8 Å². The average molecular weight is 495 g/mol. The summed E-state index contributed by atoms with van der Waals surface area (Å²) in [4.78, 5) is 34.4. The predicted molar refractivity (Wildman–Crippen MR) is 118 cm³/mol. The minimum atomic E-state index is -0.778. The number of carbonyl (C=O) groups excluding carboxylic acids is 2. The second-order valence-corrected chi connectivity index (χ2v) is 7.63. The van der Waals surface area contributed by atoms with Crippen molar-refractivity contribution in [2.24, 2.45) is 0 Å². The Balaban J connectivity index is 1.83. The van der Waals surface area contributed by atoms with Crippen LogP contribution in [0.3, 0.4) is 0 Å². The van der Waals surface area contributed by atoms with E-state index in [1.807, 2.05) is 12.1 Å². The van der Waals surface area contributed by atoms with Gasteiger partial charge >= 0.3 is 0 Å². The van der Waals surface area contributed by atoms with Crippen LogP contribution in [0, 0.1) is 10.1 Å². The first-order valence-corrected chi connectivity index (χ1v) is 9.95. The number of amides is 2. The van der Waals surface area contributed by atoms with Gasteiger partial charge in [-0.05, 0) is 57.8 Å². The molecule has 0 aliphatic heterocycles. The van der Waals surface area contributed by atoms with Crippen LogP contribution in [-0.4, -0.2) is 28.5 Å². The van der Waals surface area contributed by atoms with E-state index in [0.717, 1.165) is 10.0 Å². The summed E-state index contributed by atoms with van der Waals surface area (Å²) in [6.45, 7) is 3.84. The van der Waals surface area contributed by atoms with E-state index in [1.54, 1.807) is 6.07 Å². The molecule has 0 heterocycles. The summed E-state index contributed by atoms with van der Waals surface area (Å²) >= 11 is 8.32. The monoisotopic (exact) mass is 494 g/mol. The Morgan fingerprint density at radius 1 is 1.20 bits per heavy atom. The number of nitro groups is 1. The maximum atomic E-state index is 12.2. The molecule has 0 aromatic heterocycles. The largest absolute Gasteiger partial charge is 0.483 e. The van der Waals surface area contributed by atoms with Gasteiger partial charge in [0.1, 0.15) is 11.3 Å². The summed E-state index contributed by atoms with van der Waals surface area (Å²) in [6.07, 6.45) is 0. The van der Waals surface area contributed by atoms with E-state index in [9.17, 15) is 19.7 Å². The number of hydrogen-bond acceptors (Lipinski definition) is 6. The minimum Gasteiger partial charge on any atom is -0.483 e. The summed E-state index contributed by atoms with van der Waals surface area (Å²) < 4.78 is 6.18. The molecular weight excluding hydrogens is 476 g/mol. The zero-order chi connectivity index (χ0) is 22.3. The molecule has 158 valence electrons. The van der Waals surface area contributed by atoms with E-state index in [-0.39, 0.29) is 23.0 Å². The first-order valence-electron chi connectivity index (χ1n) is 8.75. The predicted octanol–water partition coefficient (Wildman–Crippen LogP) is 3.20. The van der Waals surface area contributed by atoms with Crippen molar-refractivity contribution in [3.63, 3.8) is 0 Å². The Morgan fingerprint density at radius 2 is 1.90 bits per heavy atom. The molecule has 0 aliphatic carbocycles. The van der Waals surface area contributed by atoms with E-state index >= 15 is 0 Å². The highest BCUT2D eigenvalue weighted by Gasteiger charge is 2.20. The van der Waals surface area contributed by atoms with Gasteiger partial charge in [-0.15, -0.1) is 0 Å². The highest BCUT2D eigenvalue weighted by molar-refractivity contribution is 9.10. The van der Waals surface area contributed by atoms with Gasteiger partial charge in [0.15, 0.2) is 11.7 Å². The molecule has 0 fully saturated rings. The third-order valence-corrected chi connectivity index (χ3v) is 4.69. The molecular formula is C19H19BrN4O5S. The van der Waals surface area contributed by atoms with Crippen LogP contribution in [0.4, 0.5) is 5.69 Å². The molecule has 2 rings (SSSR count). The summed E-state index contributed by atoms with van der Waals surface area (Å²) in [6, 6.07) is 11.0. The fourth-order valence-corrected chi connectivity index (χ4v) is 2.98. The molecule has 2 aromatic carbocycles. The van der Waals surface area contributed by atoms with Gasteiger partial charge < -0.3 is 4.74 Å². The number of nitrogens with zero attached hydrogens (tertiary/aromatic N) is 1. The molecule has 30 heavy (non-hydrogen) atoms. The van der Waals surface area contributed by atoms with Crippen molar-refractivity contribution in [3.05, 3.63) is 68.2 Å². The van der Waals surface area contributed by atoms with Gasteiger partial charge in [0.25, 0.3) is 17.5 Å². The molecule has 0 atom stereocenters. The Morgan fingerprint density at radius 3 is 2.53 bits per heavy atom. The van der Waals surface area contributed by atoms with E-state index < -0.39 is 16.7 Å². The van der Waals surface area contributed by atoms with Crippen molar-refractivity contribution in [1.29, 1.82) is 0 Å². The SMILES string of the molecule is CC(C)c1ccc(OCC(=O)NNC(=S)NC(=O)c2ccccc2[N+](=O)[O-])c(Br)c1. The quantitative estimate of drug-likeness (QED) is 0.320. The number of nitrogens with one attached hydrogen (secondary N) is 3. The number of carbonyl (C=O) groups is 2. The second kappa shape index (κ2) is 10.6. The molecule has 0 aliphatic rings. The molecule has 0 unspecified atom stereocenters. The number of thiocarbonyl (C=S) groups is 1. The van der Waals surface area contributed by atoms with E-state index in [1.165, 1.54) is 24.3 Å². The van der Waals surface area contributed by atoms with Crippen LogP contribution in [0.1, 0.15) is 35.7 Å². The van der Waals surface area contributed by atoms with Gasteiger partial charge in [0, 0.05) is 6.07 Å². The Labute approximate surface area is 186 Å². The Hall–Kier alpha value is -3.05. The zero-order valence-electron chi connectivity index (χ0n) is 16.1. The molecule has 0 spiro atoms. The Bertz CT molecular complexity index is 983. The lowest BCUT2D eigenvalue weighted by Crippen LogP contribution is -2.49. The Kier molecular flexibility index (Phi) is 8.25. The fraction of sp³-hybridized carbons (Fsp3) is 0.211. The normalized spacial score (nSPS) is 10.3. The molecule has 0 saturated carbocycles. The topological polar surface area (TPSA) is 123 Å². The van der Waals surface area contributed by atoms with Crippen LogP contribution in [0.15, 0.2) is 46.9 Å². The van der Waals surface area contributed by atoms with Crippen molar-refractivity contribution in [3.8, 4) is 5.75 Å². The second-order valence-electron chi connectivity index (χ2n) is 6.36. The lowest BCUT2D eigenvalue weighted by Gasteiger charge is -2.13. The molecule has 2 amide bonds. The summed E-state index contributed by atoms with van der Waals surface area (Å²) in [5.41, 5.74) is 5.23. The molecule has 0 bridgehead atoms. The van der Waals surface area contributed by atoms with Gasteiger partial charge in [0.05, 0.1) is 9.40 Å². The number of hydrogen-bond donors (Lipinski definition) is 3. The first-order chi connectivity index (χ1) is 14.2. The lowest BCUT2D eigenvalue weighted by molar-refractivity contribution is -0.385. The fourth-order valence-electron chi connectivity index (χ4n) is 2.33. The van der Waals surface area contributed by atoms with Gasteiger partial charge in [-0.3, -0.25) is 35.9 Å². The van der Waals surface area contributed by atoms with Crippen LogP contribution < -0.4 is 20.9 Å². The van der Waals surface area contributed by atoms with Crippen LogP contribution in [0.2, 0.25) is 0 Å². The number of halogens is 1. The molecule has 11 heteroatoms. The van der Waals surface area contributed by atoms with Crippen LogP contribution in [0.5, 0.6) is 5.75 Å². The van der Waals surface area contributed by atoms with Crippen LogP contribution >= 0.6 is 28.1 Å². The average Bonchev–Trinajstić information content (AvgIpc) is 2.71. The van der Waals surface area contributed by atoms with Crippen LogP contribution in [0.25, 0.3) is 0 Å². The van der Waals surface area contributed by atoms with Crippen molar-refractivity contribution in [2.75, 3.05) is 6.61 Å². The number of nitro benzene ring substituents is 1. The van der Waals surface area contributed by atoms with Crippen molar-refractivity contribution < 1.29 is 19.2 Å². The number of para-hydroxylation sites is 1. The summed E-state index contributed by atoms with van der Waals surface area (Å²) in [5, 5.41) is 13.0. The third kappa shape index (κ3) is 6.49. The van der Waals surface area contributed by atoms with E-state index in [4.69, 9.17) is 17.0 Å². The molecule has 0 radical (unpaired) electrons. The molecule has 2 aromatic rings. The maximum Gasteiger partial charge on any atom is 0.282 e. The minimum absolute atomic E-state index is 0.156. The highest BCUT2D eigenvalue weighted by atomic mass is 79.9. The van der Waals surface area contributed by atoms with Crippen molar-refractivity contribution >= 4 is 50.8 Å². The standard InChI is InChI=1S/C19H19BrN4O5S/c1-11(2)12-7-8-16(14(20)9-12)29-10-17(25)22-23-19(30)21-18(26)13-5-3-4-6-15(13)24(27)28/h3-9,11H,10H2,1-2H3,(H,22,25)(H2,21,23,26,30). The van der Waals surface area contributed by atoms with Gasteiger partial charge in [-0.25, -0.2) is 0 Å². The molecule has 9 nitrogen and oxygen atoms in total. The smallest absolute Gasteiger partial charge is 0.282 e. The van der Waals surface area contributed by atoms with Crippen molar-refractivity contribution in [1.82, 2.24) is 16.2 Å². The highest BCUT2D eigenvalue weighted by Crippen LogP contribution is 2.28. The maximum absolute atomic E-state index is 12.2. The summed E-state index contributed by atoms with van der Waals surface area (Å²) in [7, 11) is 0. The molecule has 3 N–H and O–H groups in total. The van der Waals surface area contributed by atoms with Crippen LogP contribution in [-0.2, 0) is 4.79 Å². The number of ether oxygens (including phenoxy) is 1. The zero-order valence-corrected chi connectivity index (χ0v) is 18.5. The third-order valence-electron chi connectivity index (χ3n) is 3.87.